The maximum atomic E-state index is 9.90. The van der Waals surface area contributed by atoms with Gasteiger partial charge in [0.25, 0.3) is 0 Å². The summed E-state index contributed by atoms with van der Waals surface area (Å²) < 4.78 is 0. The zero-order valence-corrected chi connectivity index (χ0v) is 7.58. The fraction of sp³-hybridized carbons (Fsp3) is 1.00. The minimum atomic E-state index is 0.0605. The summed E-state index contributed by atoms with van der Waals surface area (Å²) in [6.07, 6.45) is 8.22. The molecule has 0 aromatic heterocycles. The van der Waals surface area contributed by atoms with E-state index >= 15 is 0 Å². The minimum absolute atomic E-state index is 0.0605. The smallest absolute Gasteiger partial charge is 0.0571 e. The van der Waals surface area contributed by atoms with Crippen LogP contribution in [0.1, 0.15) is 38.5 Å². The summed E-state index contributed by atoms with van der Waals surface area (Å²) in [5, 5.41) is 9.90. The molecule has 68 valence electrons. The van der Waals surface area contributed by atoms with Crippen molar-refractivity contribution in [1.82, 2.24) is 0 Å². The molecule has 0 heterocycles. The monoisotopic (exact) mass is 166 g/mol. The highest BCUT2D eigenvalue weighted by atomic mass is 16.3. The fourth-order valence-corrected chi connectivity index (χ4v) is 4.08. The molecule has 0 amide bonds. The van der Waals surface area contributed by atoms with Crippen LogP contribution in [0.25, 0.3) is 0 Å². The lowest BCUT2D eigenvalue weighted by Crippen LogP contribution is -2.29. The third-order valence-electron chi connectivity index (χ3n) is 4.39. The van der Waals surface area contributed by atoms with Crippen LogP contribution in [-0.2, 0) is 0 Å². The molecule has 1 heteroatoms. The molecule has 0 aromatic rings. The molecule has 0 saturated heterocycles. The number of rotatable bonds is 0. The van der Waals surface area contributed by atoms with Gasteiger partial charge in [-0.05, 0) is 62.2 Å². The van der Waals surface area contributed by atoms with Crippen molar-refractivity contribution in [3.8, 4) is 0 Å². The van der Waals surface area contributed by atoms with Crippen molar-refractivity contribution < 1.29 is 5.11 Å². The van der Waals surface area contributed by atoms with Crippen molar-refractivity contribution >= 4 is 0 Å². The standard InChI is InChI=1S/C11H18O/c12-11-6-9-2-7-1-8(3-9)5-10(11)4-7/h7-12H,1-6H2/t7-,8-,9?,10?,11?/m1/s1. The van der Waals surface area contributed by atoms with E-state index in [1.807, 2.05) is 0 Å². The Morgan fingerprint density at radius 1 is 0.667 bits per heavy atom. The molecule has 1 nitrogen and oxygen atoms in total. The zero-order chi connectivity index (χ0) is 8.13. The van der Waals surface area contributed by atoms with E-state index in [4.69, 9.17) is 0 Å². The Balaban J connectivity index is 1.91. The van der Waals surface area contributed by atoms with Gasteiger partial charge in [0.15, 0.2) is 0 Å². The van der Waals surface area contributed by atoms with Crippen LogP contribution in [0.4, 0.5) is 0 Å². The van der Waals surface area contributed by atoms with Crippen molar-refractivity contribution in [2.24, 2.45) is 23.7 Å². The lowest BCUT2D eigenvalue weighted by atomic mass is 9.68. The predicted octanol–water partition coefficient (Wildman–Crippen LogP) is 2.19. The molecule has 0 radical (unpaired) electrons. The average molecular weight is 166 g/mol. The molecule has 3 atom stereocenters. The lowest BCUT2D eigenvalue weighted by molar-refractivity contribution is 0.0689. The van der Waals surface area contributed by atoms with Gasteiger partial charge in [-0.15, -0.1) is 0 Å². The number of hydrogen-bond donors (Lipinski definition) is 1. The van der Waals surface area contributed by atoms with Crippen molar-refractivity contribution in [3.63, 3.8) is 0 Å². The van der Waals surface area contributed by atoms with Gasteiger partial charge in [-0.2, -0.15) is 0 Å². The Hall–Kier alpha value is -0.0400. The van der Waals surface area contributed by atoms with Crippen molar-refractivity contribution in [2.45, 2.75) is 44.6 Å². The molecular formula is C11H18O. The SMILES string of the molecule is OC1CC2C[C@@H]3CC1C[C@@H](C2)C3. The van der Waals surface area contributed by atoms with E-state index in [-0.39, 0.29) is 6.10 Å². The molecule has 1 N–H and O–H groups in total. The van der Waals surface area contributed by atoms with Crippen molar-refractivity contribution in [2.75, 3.05) is 0 Å². The highest BCUT2D eigenvalue weighted by molar-refractivity contribution is 4.93. The largest absolute Gasteiger partial charge is 0.393 e. The molecule has 0 spiro atoms. The van der Waals surface area contributed by atoms with Gasteiger partial charge in [0.2, 0.25) is 0 Å². The average Bonchev–Trinajstić information content (AvgIpc) is 2.16. The van der Waals surface area contributed by atoms with E-state index in [0.717, 1.165) is 24.2 Å². The summed E-state index contributed by atoms with van der Waals surface area (Å²) in [6, 6.07) is 0. The fourth-order valence-electron chi connectivity index (χ4n) is 4.08. The van der Waals surface area contributed by atoms with Crippen LogP contribution in [0.15, 0.2) is 0 Å². The Morgan fingerprint density at radius 3 is 1.75 bits per heavy atom. The summed E-state index contributed by atoms with van der Waals surface area (Å²) in [4.78, 5) is 0. The molecular weight excluding hydrogens is 148 g/mol. The molecule has 0 aromatic carbocycles. The molecule has 12 heavy (non-hydrogen) atoms. The second-order valence-corrected chi connectivity index (χ2v) is 5.34. The first kappa shape index (κ1) is 7.37. The quantitative estimate of drug-likeness (QED) is 0.585. The zero-order valence-electron chi connectivity index (χ0n) is 7.58. The molecule has 1 unspecified atom stereocenters. The number of hydrogen-bond acceptors (Lipinski definition) is 1. The summed E-state index contributed by atoms with van der Waals surface area (Å²) in [7, 11) is 0. The highest BCUT2D eigenvalue weighted by Gasteiger charge is 2.42. The first-order chi connectivity index (χ1) is 5.81. The number of fused-ring (bicyclic) bond motifs is 1. The predicted molar refractivity (Wildman–Crippen MR) is 47.7 cm³/mol. The van der Waals surface area contributed by atoms with Gasteiger partial charge in [-0.1, -0.05) is 0 Å². The second-order valence-electron chi connectivity index (χ2n) is 5.34. The number of aliphatic hydroxyl groups is 1. The van der Waals surface area contributed by atoms with Gasteiger partial charge in [-0.3, -0.25) is 0 Å². The second kappa shape index (κ2) is 2.47. The third-order valence-corrected chi connectivity index (χ3v) is 4.39. The van der Waals surface area contributed by atoms with Crippen LogP contribution in [0, 0.1) is 23.7 Å². The van der Waals surface area contributed by atoms with E-state index in [2.05, 4.69) is 0 Å². The van der Waals surface area contributed by atoms with Gasteiger partial charge in [-0.25, -0.2) is 0 Å². The van der Waals surface area contributed by atoms with Crippen LogP contribution in [0.2, 0.25) is 0 Å². The van der Waals surface area contributed by atoms with Crippen LogP contribution in [0.3, 0.4) is 0 Å². The first-order valence-electron chi connectivity index (χ1n) is 5.49. The van der Waals surface area contributed by atoms with Gasteiger partial charge < -0.3 is 5.11 Å². The Kier molecular flexibility index (Phi) is 1.52. The molecule has 4 fully saturated rings. The molecule has 4 aliphatic carbocycles. The molecule has 0 aliphatic heterocycles. The van der Waals surface area contributed by atoms with E-state index in [1.54, 1.807) is 0 Å². The molecule has 4 saturated carbocycles. The summed E-state index contributed by atoms with van der Waals surface area (Å²) >= 11 is 0. The lowest BCUT2D eigenvalue weighted by Gasteiger charge is -2.38. The van der Waals surface area contributed by atoms with Crippen LogP contribution in [-0.4, -0.2) is 11.2 Å². The Bertz CT molecular complexity index is 175. The summed E-state index contributed by atoms with van der Waals surface area (Å²) in [5.74, 6) is 3.55. The normalized spacial score (nSPS) is 57.2. The molecule has 4 rings (SSSR count). The third kappa shape index (κ3) is 1.02. The summed E-state index contributed by atoms with van der Waals surface area (Å²) in [6.45, 7) is 0. The maximum absolute atomic E-state index is 9.90. The van der Waals surface area contributed by atoms with Gasteiger partial charge >= 0.3 is 0 Å². The summed E-state index contributed by atoms with van der Waals surface area (Å²) in [5.41, 5.74) is 0. The van der Waals surface area contributed by atoms with Gasteiger partial charge in [0.05, 0.1) is 6.10 Å². The molecule has 4 aliphatic rings. The van der Waals surface area contributed by atoms with E-state index in [0.29, 0.717) is 5.92 Å². The van der Waals surface area contributed by atoms with Gasteiger partial charge in [0, 0.05) is 0 Å². The Labute approximate surface area is 74.2 Å². The highest BCUT2D eigenvalue weighted by Crippen LogP contribution is 2.51. The van der Waals surface area contributed by atoms with Crippen LogP contribution < -0.4 is 0 Å². The first-order valence-corrected chi connectivity index (χ1v) is 5.49. The topological polar surface area (TPSA) is 20.2 Å². The van der Waals surface area contributed by atoms with Crippen molar-refractivity contribution in [3.05, 3.63) is 0 Å². The Morgan fingerprint density at radius 2 is 1.17 bits per heavy atom. The van der Waals surface area contributed by atoms with Gasteiger partial charge in [0.1, 0.15) is 0 Å². The van der Waals surface area contributed by atoms with E-state index in [1.165, 1.54) is 32.1 Å². The maximum Gasteiger partial charge on any atom is 0.0571 e. The minimum Gasteiger partial charge on any atom is -0.393 e. The van der Waals surface area contributed by atoms with Crippen LogP contribution >= 0.6 is 0 Å². The van der Waals surface area contributed by atoms with E-state index in [9.17, 15) is 5.11 Å². The van der Waals surface area contributed by atoms with Crippen LogP contribution in [0.5, 0.6) is 0 Å². The van der Waals surface area contributed by atoms with Crippen molar-refractivity contribution in [1.29, 1.82) is 0 Å². The molecule has 4 bridgehead atoms. The number of aliphatic hydroxyl groups excluding tert-OH is 1. The van der Waals surface area contributed by atoms with E-state index < -0.39 is 0 Å².